The fourth-order valence-electron chi connectivity index (χ4n) is 4.08. The average molecular weight is 492 g/mol. The van der Waals surface area contributed by atoms with E-state index in [1.165, 1.54) is 0 Å². The summed E-state index contributed by atoms with van der Waals surface area (Å²) in [5.41, 5.74) is 9.35. The van der Waals surface area contributed by atoms with Gasteiger partial charge in [-0.3, -0.25) is 9.48 Å². The predicted octanol–water partition coefficient (Wildman–Crippen LogP) is 3.76. The summed E-state index contributed by atoms with van der Waals surface area (Å²) in [4.78, 5) is 17.5. The molecule has 172 valence electrons. The summed E-state index contributed by atoms with van der Waals surface area (Å²) in [6, 6.07) is -0.638. The Morgan fingerprint density at radius 3 is 2.76 bits per heavy atom. The first-order valence-electron chi connectivity index (χ1n) is 10.3. The minimum Gasteiger partial charge on any atom is -0.341 e. The van der Waals surface area contributed by atoms with E-state index in [1.807, 2.05) is 19.4 Å². The summed E-state index contributed by atoms with van der Waals surface area (Å²) >= 11 is 7.44. The number of nitrogens with zero attached hydrogens (tertiary/aromatic N) is 5. The Bertz CT molecular complexity index is 1350. The predicted molar refractivity (Wildman–Crippen MR) is 122 cm³/mol. The van der Waals surface area contributed by atoms with Crippen molar-refractivity contribution in [1.82, 2.24) is 29.7 Å². The van der Waals surface area contributed by atoms with E-state index in [2.05, 4.69) is 20.5 Å². The molecule has 4 heterocycles. The fraction of sp³-hybridized carbons (Fsp3) is 0.333. The topological polar surface area (TPSA) is 103 Å². The molecule has 2 atom stereocenters. The zero-order chi connectivity index (χ0) is 23.3. The molecule has 0 aromatic carbocycles. The largest absolute Gasteiger partial charge is 0.341 e. The molecule has 1 unspecified atom stereocenters. The van der Waals surface area contributed by atoms with Crippen LogP contribution >= 0.6 is 22.9 Å². The Kier molecular flexibility index (Phi) is 5.42. The lowest BCUT2D eigenvalue weighted by atomic mass is 9.87. The summed E-state index contributed by atoms with van der Waals surface area (Å²) in [6.07, 6.45) is 9.21. The monoisotopic (exact) mass is 491 g/mol. The van der Waals surface area contributed by atoms with Crippen LogP contribution in [0, 0.1) is 0 Å². The van der Waals surface area contributed by atoms with E-state index in [1.54, 1.807) is 33.9 Å². The maximum absolute atomic E-state index is 14.3. The first-order chi connectivity index (χ1) is 15.7. The molecule has 0 aliphatic heterocycles. The Balaban J connectivity index is 1.43. The van der Waals surface area contributed by atoms with Crippen LogP contribution in [-0.2, 0) is 7.05 Å². The number of carbonyl (C=O) groups is 1. The fourth-order valence-corrected chi connectivity index (χ4v) is 5.29. The number of aromatic nitrogens is 5. The molecule has 4 aromatic rings. The first kappa shape index (κ1) is 21.9. The van der Waals surface area contributed by atoms with Crippen molar-refractivity contribution in [2.24, 2.45) is 12.8 Å². The Morgan fingerprint density at radius 2 is 2.03 bits per heavy atom. The molecule has 1 saturated carbocycles. The number of nitrogens with one attached hydrogen (secondary N) is 1. The van der Waals surface area contributed by atoms with Crippen molar-refractivity contribution < 1.29 is 13.6 Å². The van der Waals surface area contributed by atoms with Gasteiger partial charge in [-0.05, 0) is 18.9 Å². The highest BCUT2D eigenvalue weighted by Gasteiger charge is 2.46. The van der Waals surface area contributed by atoms with Crippen LogP contribution in [0.3, 0.4) is 0 Å². The van der Waals surface area contributed by atoms with E-state index in [0.29, 0.717) is 34.0 Å². The molecule has 1 aliphatic carbocycles. The Hall–Kier alpha value is -2.89. The van der Waals surface area contributed by atoms with Crippen LogP contribution in [0.15, 0.2) is 37.1 Å². The Morgan fingerprint density at radius 1 is 1.24 bits per heavy atom. The lowest BCUT2D eigenvalue weighted by Gasteiger charge is -2.36. The normalized spacial score (nSPS) is 20.3. The molecule has 0 radical (unpaired) electrons. The molecule has 1 aliphatic rings. The lowest BCUT2D eigenvalue weighted by molar-refractivity contribution is -0.0674. The molecule has 33 heavy (non-hydrogen) atoms. The highest BCUT2D eigenvalue weighted by molar-refractivity contribution is 7.18. The summed E-state index contributed by atoms with van der Waals surface area (Å²) in [7, 11) is 1.83. The molecule has 1 fully saturated rings. The van der Waals surface area contributed by atoms with Gasteiger partial charge in [0.2, 0.25) is 0 Å². The molecule has 1 amide bonds. The number of aryl methyl sites for hydroxylation is 1. The summed E-state index contributed by atoms with van der Waals surface area (Å²) in [5.74, 6) is -3.67. The van der Waals surface area contributed by atoms with E-state index in [9.17, 15) is 13.6 Å². The summed E-state index contributed by atoms with van der Waals surface area (Å²) < 4.78 is 32.2. The number of hydrogen-bond donors (Lipinski definition) is 2. The van der Waals surface area contributed by atoms with Crippen LogP contribution in [0.4, 0.5) is 8.78 Å². The van der Waals surface area contributed by atoms with Crippen LogP contribution in [-0.4, -0.2) is 48.3 Å². The molecular formula is C21H20ClF2N7OS. The van der Waals surface area contributed by atoms with Crippen LogP contribution in [0.5, 0.6) is 0 Å². The number of halogens is 3. The second-order valence-electron chi connectivity index (χ2n) is 8.14. The number of rotatable bonds is 4. The molecule has 0 saturated heterocycles. The van der Waals surface area contributed by atoms with Gasteiger partial charge in [0.25, 0.3) is 11.8 Å². The number of fused-ring (bicyclic) bond motifs is 1. The average Bonchev–Trinajstić information content (AvgIpc) is 3.48. The second kappa shape index (κ2) is 8.15. The third-order valence-corrected chi connectivity index (χ3v) is 7.17. The van der Waals surface area contributed by atoms with E-state index >= 15 is 0 Å². The molecule has 8 nitrogen and oxygen atoms in total. The van der Waals surface area contributed by atoms with Gasteiger partial charge in [0.1, 0.15) is 10.4 Å². The van der Waals surface area contributed by atoms with Crippen molar-refractivity contribution in [3.63, 3.8) is 0 Å². The van der Waals surface area contributed by atoms with Gasteiger partial charge in [0, 0.05) is 60.4 Å². The maximum Gasteiger partial charge on any atom is 0.269 e. The molecule has 5 rings (SSSR count). The first-order valence-corrected chi connectivity index (χ1v) is 11.5. The third kappa shape index (κ3) is 4.00. The molecule has 4 aromatic heterocycles. The van der Waals surface area contributed by atoms with Gasteiger partial charge in [-0.15, -0.1) is 11.3 Å². The van der Waals surface area contributed by atoms with Gasteiger partial charge >= 0.3 is 0 Å². The SMILES string of the molecule is Cn1cc(-c2cnc3c(-c4cc(C(=O)NC5[C@H](N)CCCC5(F)F)sc4Cl)cnn3c2)cn1. The quantitative estimate of drug-likeness (QED) is 0.452. The van der Waals surface area contributed by atoms with Crippen molar-refractivity contribution in [1.29, 1.82) is 0 Å². The zero-order valence-electron chi connectivity index (χ0n) is 17.5. The summed E-state index contributed by atoms with van der Waals surface area (Å²) in [6.45, 7) is 0. The smallest absolute Gasteiger partial charge is 0.269 e. The maximum atomic E-state index is 14.3. The third-order valence-electron chi connectivity index (χ3n) is 5.81. The minimum atomic E-state index is -3.05. The van der Waals surface area contributed by atoms with Crippen LogP contribution in [0.2, 0.25) is 4.34 Å². The van der Waals surface area contributed by atoms with Gasteiger partial charge in [0.05, 0.1) is 17.3 Å². The van der Waals surface area contributed by atoms with Crippen LogP contribution in [0.25, 0.3) is 27.9 Å². The van der Waals surface area contributed by atoms with Crippen molar-refractivity contribution in [2.75, 3.05) is 0 Å². The molecule has 12 heteroatoms. The van der Waals surface area contributed by atoms with Gasteiger partial charge in [-0.2, -0.15) is 10.2 Å². The molecule has 0 spiro atoms. The van der Waals surface area contributed by atoms with Gasteiger partial charge in [-0.1, -0.05) is 11.6 Å². The standard InChI is InChI=1S/C21H20ClF2N7OS/c1-30-9-12(7-27-30)11-6-26-19-14(8-28-31(19)10-11)13-5-16(33-18(13)22)20(32)29-17-15(25)3-2-4-21(17,23)24/h5-10,15,17H,2-4,25H2,1H3,(H,29,32)/t15-,17?/m1/s1. The van der Waals surface area contributed by atoms with E-state index in [-0.39, 0.29) is 11.3 Å². The molecule has 0 bridgehead atoms. The van der Waals surface area contributed by atoms with Crippen molar-refractivity contribution >= 4 is 34.5 Å². The van der Waals surface area contributed by atoms with E-state index in [4.69, 9.17) is 17.3 Å². The van der Waals surface area contributed by atoms with E-state index < -0.39 is 23.9 Å². The Labute approximate surface area is 196 Å². The van der Waals surface area contributed by atoms with Crippen molar-refractivity contribution in [3.05, 3.63) is 46.3 Å². The van der Waals surface area contributed by atoms with Gasteiger partial charge in [-0.25, -0.2) is 18.3 Å². The number of thiophene rings is 1. The lowest BCUT2D eigenvalue weighted by Crippen LogP contribution is -2.59. The minimum absolute atomic E-state index is 0.218. The number of hydrogen-bond acceptors (Lipinski definition) is 6. The molecule has 3 N–H and O–H groups in total. The van der Waals surface area contributed by atoms with Gasteiger partial charge in [0.15, 0.2) is 5.65 Å². The van der Waals surface area contributed by atoms with Crippen LogP contribution in [0.1, 0.15) is 28.9 Å². The number of nitrogens with two attached hydrogens (primary N) is 1. The van der Waals surface area contributed by atoms with Crippen molar-refractivity contribution in [2.45, 2.75) is 37.3 Å². The van der Waals surface area contributed by atoms with E-state index in [0.717, 1.165) is 22.5 Å². The number of alkyl halides is 2. The number of amides is 1. The van der Waals surface area contributed by atoms with Crippen LogP contribution < -0.4 is 11.1 Å². The van der Waals surface area contributed by atoms with Gasteiger partial charge < -0.3 is 11.1 Å². The summed E-state index contributed by atoms with van der Waals surface area (Å²) in [5, 5.41) is 10.9. The zero-order valence-corrected chi connectivity index (χ0v) is 19.1. The van der Waals surface area contributed by atoms with Crippen molar-refractivity contribution in [3.8, 4) is 22.3 Å². The number of carbonyl (C=O) groups excluding carboxylic acids is 1. The second-order valence-corrected chi connectivity index (χ2v) is 9.79. The molecular weight excluding hydrogens is 472 g/mol. The highest BCUT2D eigenvalue weighted by Crippen LogP contribution is 2.38. The highest BCUT2D eigenvalue weighted by atomic mass is 35.5.